The van der Waals surface area contributed by atoms with Crippen LogP contribution in [0.3, 0.4) is 0 Å². The van der Waals surface area contributed by atoms with Gasteiger partial charge in [0.15, 0.2) is 10.8 Å². The molecule has 0 saturated carbocycles. The van der Waals surface area contributed by atoms with Crippen LogP contribution in [0.15, 0.2) is 29.7 Å². The molecule has 0 amide bonds. The van der Waals surface area contributed by atoms with E-state index >= 15 is 0 Å². The van der Waals surface area contributed by atoms with Gasteiger partial charge in [0, 0.05) is 28.9 Å². The second kappa shape index (κ2) is 7.12. The van der Waals surface area contributed by atoms with Crippen molar-refractivity contribution in [3.8, 4) is 0 Å². The average molecular weight is 410 g/mol. The van der Waals surface area contributed by atoms with Gasteiger partial charge in [-0.25, -0.2) is 4.98 Å². The summed E-state index contributed by atoms with van der Waals surface area (Å²) in [6.07, 6.45) is 7.25. The summed E-state index contributed by atoms with van der Waals surface area (Å²) >= 11 is 3.57. The highest BCUT2D eigenvalue weighted by Crippen LogP contribution is 2.40. The minimum Gasteiger partial charge on any atom is -0.264 e. The standard InChI is InChI=1S/C21H23N5S2/c1-12(2)18-23-20-17(15-7-6-13(3)9-16(15)28-20)19-24-25-21(26(18)19)27-11-14-5-4-8-22-10-14/h4-5,8,10,12-13H,6-7,9,11H2,1-3H3/t13-/m0/s1. The number of aromatic nitrogens is 5. The zero-order valence-corrected chi connectivity index (χ0v) is 18.0. The minimum absolute atomic E-state index is 0.304. The van der Waals surface area contributed by atoms with Crippen molar-refractivity contribution in [3.63, 3.8) is 0 Å². The number of nitrogens with zero attached hydrogens (tertiary/aromatic N) is 5. The van der Waals surface area contributed by atoms with Gasteiger partial charge < -0.3 is 0 Å². The molecule has 0 bridgehead atoms. The molecule has 144 valence electrons. The van der Waals surface area contributed by atoms with Crippen molar-refractivity contribution in [2.75, 3.05) is 0 Å². The fourth-order valence-electron chi connectivity index (χ4n) is 3.95. The van der Waals surface area contributed by atoms with Gasteiger partial charge in [0.05, 0.1) is 5.39 Å². The summed E-state index contributed by atoms with van der Waals surface area (Å²) in [5.74, 6) is 2.93. The summed E-state index contributed by atoms with van der Waals surface area (Å²) in [5, 5.41) is 11.4. The van der Waals surface area contributed by atoms with Crippen LogP contribution < -0.4 is 0 Å². The van der Waals surface area contributed by atoms with E-state index < -0.39 is 0 Å². The molecular formula is C21H23N5S2. The molecule has 4 heterocycles. The number of hydrogen-bond acceptors (Lipinski definition) is 6. The Labute approximate surface area is 172 Å². The number of thioether (sulfide) groups is 1. The van der Waals surface area contributed by atoms with Crippen LogP contribution in [0.2, 0.25) is 0 Å². The summed E-state index contributed by atoms with van der Waals surface area (Å²) < 4.78 is 2.19. The number of rotatable bonds is 4. The molecule has 7 heteroatoms. The fourth-order valence-corrected chi connectivity index (χ4v) is 6.21. The lowest BCUT2D eigenvalue weighted by Crippen LogP contribution is -2.09. The molecule has 0 N–H and O–H groups in total. The summed E-state index contributed by atoms with van der Waals surface area (Å²) in [7, 11) is 0. The first-order valence-electron chi connectivity index (χ1n) is 9.82. The monoisotopic (exact) mass is 409 g/mol. The van der Waals surface area contributed by atoms with Gasteiger partial charge in [0.2, 0.25) is 0 Å². The molecule has 4 aromatic heterocycles. The highest BCUT2D eigenvalue weighted by molar-refractivity contribution is 7.98. The molecule has 0 saturated heterocycles. The van der Waals surface area contributed by atoms with Crippen molar-refractivity contribution >= 4 is 39.0 Å². The molecule has 0 unspecified atom stereocenters. The van der Waals surface area contributed by atoms with Crippen molar-refractivity contribution in [1.82, 2.24) is 24.6 Å². The van der Waals surface area contributed by atoms with Crippen molar-refractivity contribution in [2.24, 2.45) is 5.92 Å². The molecule has 0 fully saturated rings. The third-order valence-electron chi connectivity index (χ3n) is 5.40. The molecule has 5 rings (SSSR count). The van der Waals surface area contributed by atoms with E-state index in [1.807, 2.05) is 23.6 Å². The molecule has 0 spiro atoms. The zero-order chi connectivity index (χ0) is 19.3. The van der Waals surface area contributed by atoms with E-state index in [1.54, 1.807) is 18.0 Å². The molecule has 1 atom stereocenters. The topological polar surface area (TPSA) is 56.0 Å². The number of thiophene rings is 1. The third-order valence-corrected chi connectivity index (χ3v) is 7.55. The van der Waals surface area contributed by atoms with Gasteiger partial charge in [-0.15, -0.1) is 21.5 Å². The second-order valence-electron chi connectivity index (χ2n) is 7.95. The predicted octanol–water partition coefficient (Wildman–Crippen LogP) is 5.27. The second-order valence-corrected chi connectivity index (χ2v) is 9.97. The van der Waals surface area contributed by atoms with Gasteiger partial charge >= 0.3 is 0 Å². The molecule has 4 aromatic rings. The summed E-state index contributed by atoms with van der Waals surface area (Å²) in [6.45, 7) is 6.73. The van der Waals surface area contributed by atoms with E-state index in [0.717, 1.165) is 46.0 Å². The van der Waals surface area contributed by atoms with E-state index in [9.17, 15) is 0 Å². The van der Waals surface area contributed by atoms with E-state index in [0.29, 0.717) is 5.92 Å². The predicted molar refractivity (Wildman–Crippen MR) is 115 cm³/mol. The van der Waals surface area contributed by atoms with Gasteiger partial charge in [0.25, 0.3) is 0 Å². The van der Waals surface area contributed by atoms with Crippen LogP contribution in [-0.4, -0.2) is 24.6 Å². The van der Waals surface area contributed by atoms with Crippen LogP contribution in [0.4, 0.5) is 0 Å². The Morgan fingerprint density at radius 1 is 1.32 bits per heavy atom. The van der Waals surface area contributed by atoms with Crippen LogP contribution in [-0.2, 0) is 18.6 Å². The van der Waals surface area contributed by atoms with Crippen molar-refractivity contribution in [3.05, 3.63) is 46.4 Å². The summed E-state index contributed by atoms with van der Waals surface area (Å²) in [6, 6.07) is 4.07. The highest BCUT2D eigenvalue weighted by atomic mass is 32.2. The largest absolute Gasteiger partial charge is 0.264 e. The van der Waals surface area contributed by atoms with E-state index in [4.69, 9.17) is 4.98 Å². The van der Waals surface area contributed by atoms with Crippen LogP contribution in [0, 0.1) is 5.92 Å². The Hall–Kier alpha value is -1.99. The zero-order valence-electron chi connectivity index (χ0n) is 16.3. The maximum absolute atomic E-state index is 5.10. The maximum Gasteiger partial charge on any atom is 0.197 e. The Kier molecular flexibility index (Phi) is 4.59. The fraction of sp³-hybridized carbons (Fsp3) is 0.429. The van der Waals surface area contributed by atoms with Crippen LogP contribution >= 0.6 is 23.1 Å². The van der Waals surface area contributed by atoms with Crippen LogP contribution in [0.25, 0.3) is 15.9 Å². The van der Waals surface area contributed by atoms with Crippen molar-refractivity contribution in [2.45, 2.75) is 56.9 Å². The molecule has 0 aromatic carbocycles. The van der Waals surface area contributed by atoms with E-state index in [2.05, 4.69) is 46.4 Å². The Morgan fingerprint density at radius 3 is 3.00 bits per heavy atom. The molecule has 0 radical (unpaired) electrons. The lowest BCUT2D eigenvalue weighted by atomic mass is 9.89. The summed E-state index contributed by atoms with van der Waals surface area (Å²) in [5.41, 5.74) is 3.63. The lowest BCUT2D eigenvalue weighted by Gasteiger charge is -2.17. The van der Waals surface area contributed by atoms with Crippen LogP contribution in [0.5, 0.6) is 0 Å². The lowest BCUT2D eigenvalue weighted by molar-refractivity contribution is 0.509. The molecule has 5 nitrogen and oxygen atoms in total. The smallest absolute Gasteiger partial charge is 0.197 e. The number of pyridine rings is 1. The highest BCUT2D eigenvalue weighted by Gasteiger charge is 2.26. The first-order valence-corrected chi connectivity index (χ1v) is 11.6. The first kappa shape index (κ1) is 18.1. The average Bonchev–Trinajstić information content (AvgIpc) is 3.26. The molecular weight excluding hydrogens is 386 g/mol. The van der Waals surface area contributed by atoms with E-state index in [1.165, 1.54) is 27.8 Å². The van der Waals surface area contributed by atoms with Gasteiger partial charge in [-0.3, -0.25) is 9.38 Å². The third kappa shape index (κ3) is 3.01. The van der Waals surface area contributed by atoms with Crippen molar-refractivity contribution < 1.29 is 0 Å². The Bertz CT molecular complexity index is 1150. The molecule has 1 aliphatic carbocycles. The molecule has 1 aliphatic rings. The number of fused-ring (bicyclic) bond motifs is 5. The first-order chi connectivity index (χ1) is 13.6. The summed E-state index contributed by atoms with van der Waals surface area (Å²) in [4.78, 5) is 11.9. The van der Waals surface area contributed by atoms with Gasteiger partial charge in [-0.05, 0) is 42.4 Å². The van der Waals surface area contributed by atoms with Crippen molar-refractivity contribution in [1.29, 1.82) is 0 Å². The molecule has 28 heavy (non-hydrogen) atoms. The number of hydrogen-bond donors (Lipinski definition) is 0. The molecule has 0 aliphatic heterocycles. The van der Waals surface area contributed by atoms with Crippen LogP contribution in [0.1, 0.15) is 54.9 Å². The normalized spacial score (nSPS) is 16.9. The Morgan fingerprint density at radius 2 is 2.21 bits per heavy atom. The minimum atomic E-state index is 0.304. The maximum atomic E-state index is 5.10. The van der Waals surface area contributed by atoms with Gasteiger partial charge in [0.1, 0.15) is 10.7 Å². The van der Waals surface area contributed by atoms with Gasteiger partial charge in [-0.2, -0.15) is 0 Å². The van der Waals surface area contributed by atoms with E-state index in [-0.39, 0.29) is 0 Å². The quantitative estimate of drug-likeness (QED) is 0.430. The number of aryl methyl sites for hydroxylation is 1. The SMILES string of the molecule is CC(C)c1nc2sc3c(c2c2nnc(SCc4cccnc4)n12)CC[C@H](C)C3. The van der Waals surface area contributed by atoms with Gasteiger partial charge in [-0.1, -0.05) is 38.6 Å². The Balaban J connectivity index is 1.65.